The van der Waals surface area contributed by atoms with Crippen molar-refractivity contribution in [1.29, 1.82) is 0 Å². The molecule has 4 aliphatic rings. The first-order chi connectivity index (χ1) is 14.4. The lowest BCUT2D eigenvalue weighted by molar-refractivity contribution is -0.0663. The van der Waals surface area contributed by atoms with E-state index in [9.17, 15) is 8.42 Å². The Labute approximate surface area is 183 Å². The minimum Gasteiger partial charge on any atom is -0.211 e. The van der Waals surface area contributed by atoms with E-state index in [-0.39, 0.29) is 0 Å². The van der Waals surface area contributed by atoms with E-state index in [1.54, 1.807) is 24.3 Å². The number of fused-ring (bicyclic) bond motifs is 5. The highest BCUT2D eigenvalue weighted by molar-refractivity contribution is 7.89. The zero-order valence-corrected chi connectivity index (χ0v) is 19.5. The SMILES string of the molecule is CC1CCC2C(CCC3C2CCC2(C)C(CNS(=O)(=O)c4ccccc4)CCC32)C1. The molecule has 0 aromatic heterocycles. The molecule has 0 bridgehead atoms. The van der Waals surface area contributed by atoms with Crippen molar-refractivity contribution in [2.45, 2.75) is 76.5 Å². The van der Waals surface area contributed by atoms with Crippen molar-refractivity contribution in [3.63, 3.8) is 0 Å². The first kappa shape index (κ1) is 21.0. The Morgan fingerprint density at radius 2 is 1.70 bits per heavy atom. The lowest BCUT2D eigenvalue weighted by atomic mass is 9.49. The number of benzene rings is 1. The van der Waals surface area contributed by atoms with Crippen LogP contribution in [0, 0.1) is 46.8 Å². The van der Waals surface area contributed by atoms with Crippen LogP contribution >= 0.6 is 0 Å². The molecule has 5 rings (SSSR count). The summed E-state index contributed by atoms with van der Waals surface area (Å²) in [6, 6.07) is 8.84. The monoisotopic (exact) mass is 429 g/mol. The van der Waals surface area contributed by atoms with Gasteiger partial charge in [-0.2, -0.15) is 0 Å². The van der Waals surface area contributed by atoms with E-state index in [1.165, 1.54) is 57.8 Å². The van der Waals surface area contributed by atoms with Crippen LogP contribution in [-0.4, -0.2) is 15.0 Å². The van der Waals surface area contributed by atoms with E-state index in [4.69, 9.17) is 0 Å². The third-order valence-corrected chi connectivity index (χ3v) is 11.4. The van der Waals surface area contributed by atoms with Crippen molar-refractivity contribution in [2.24, 2.45) is 46.8 Å². The molecule has 4 fully saturated rings. The van der Waals surface area contributed by atoms with Gasteiger partial charge in [-0.3, -0.25) is 0 Å². The summed E-state index contributed by atoms with van der Waals surface area (Å²) in [6.45, 7) is 5.56. The van der Waals surface area contributed by atoms with E-state index in [1.807, 2.05) is 6.07 Å². The van der Waals surface area contributed by atoms with Gasteiger partial charge in [-0.15, -0.1) is 0 Å². The fourth-order valence-corrected chi connectivity index (χ4v) is 9.53. The third-order valence-electron chi connectivity index (χ3n) is 9.99. The van der Waals surface area contributed by atoms with E-state index in [0.717, 1.165) is 35.5 Å². The van der Waals surface area contributed by atoms with E-state index >= 15 is 0 Å². The molecule has 4 saturated carbocycles. The minimum absolute atomic E-state index is 0.315. The lowest BCUT2D eigenvalue weighted by Gasteiger charge is -2.56. The van der Waals surface area contributed by atoms with Gasteiger partial charge in [-0.25, -0.2) is 13.1 Å². The van der Waals surface area contributed by atoms with Crippen molar-refractivity contribution < 1.29 is 8.42 Å². The molecule has 0 spiro atoms. The second-order valence-electron chi connectivity index (χ2n) is 11.3. The van der Waals surface area contributed by atoms with Crippen LogP contribution in [-0.2, 0) is 10.0 Å². The predicted octanol–water partition coefficient (Wildman–Crippen LogP) is 5.87. The average molecular weight is 430 g/mol. The summed E-state index contributed by atoms with van der Waals surface area (Å²) in [4.78, 5) is 0.387. The van der Waals surface area contributed by atoms with Gasteiger partial charge in [0.1, 0.15) is 0 Å². The van der Waals surface area contributed by atoms with Gasteiger partial charge in [0.2, 0.25) is 10.0 Å². The summed E-state index contributed by atoms with van der Waals surface area (Å²) in [5.41, 5.74) is 0.315. The molecule has 8 unspecified atom stereocenters. The maximum atomic E-state index is 12.8. The molecule has 4 aliphatic carbocycles. The summed E-state index contributed by atoms with van der Waals surface area (Å²) < 4.78 is 28.5. The van der Waals surface area contributed by atoms with Crippen LogP contribution in [0.25, 0.3) is 0 Å². The standard InChI is InChI=1S/C26H39NO2S/c1-18-8-11-22-19(16-18)9-12-24-23(22)14-15-26(2)20(10-13-25(24)26)17-27-30(28,29)21-6-4-3-5-7-21/h3-7,18-20,22-25,27H,8-17H2,1-2H3. The van der Waals surface area contributed by atoms with Crippen LogP contribution in [0.2, 0.25) is 0 Å². The predicted molar refractivity (Wildman–Crippen MR) is 121 cm³/mol. The van der Waals surface area contributed by atoms with Crippen LogP contribution in [0.1, 0.15) is 71.6 Å². The Bertz CT molecular complexity index is 853. The van der Waals surface area contributed by atoms with Gasteiger partial charge >= 0.3 is 0 Å². The number of nitrogens with one attached hydrogen (secondary N) is 1. The molecule has 1 N–H and O–H groups in total. The molecule has 8 atom stereocenters. The highest BCUT2D eigenvalue weighted by atomic mass is 32.2. The number of hydrogen-bond acceptors (Lipinski definition) is 2. The maximum Gasteiger partial charge on any atom is 0.240 e. The van der Waals surface area contributed by atoms with Crippen molar-refractivity contribution in [1.82, 2.24) is 4.72 Å². The molecule has 0 heterocycles. The largest absolute Gasteiger partial charge is 0.240 e. The van der Waals surface area contributed by atoms with Crippen LogP contribution in [0.4, 0.5) is 0 Å². The molecule has 1 aromatic carbocycles. The van der Waals surface area contributed by atoms with Gasteiger partial charge in [-0.1, -0.05) is 38.5 Å². The molecule has 166 valence electrons. The van der Waals surface area contributed by atoms with Crippen molar-refractivity contribution in [3.8, 4) is 0 Å². The highest BCUT2D eigenvalue weighted by Gasteiger charge is 2.56. The zero-order valence-electron chi connectivity index (χ0n) is 18.7. The molecule has 30 heavy (non-hydrogen) atoms. The van der Waals surface area contributed by atoms with Gasteiger partial charge in [-0.05, 0) is 110 Å². The molecule has 0 aliphatic heterocycles. The van der Waals surface area contributed by atoms with E-state index in [0.29, 0.717) is 22.8 Å². The number of hydrogen-bond donors (Lipinski definition) is 1. The van der Waals surface area contributed by atoms with Gasteiger partial charge in [0, 0.05) is 6.54 Å². The first-order valence-electron chi connectivity index (χ1n) is 12.4. The topological polar surface area (TPSA) is 46.2 Å². The second-order valence-corrected chi connectivity index (χ2v) is 13.1. The zero-order chi connectivity index (χ0) is 20.9. The maximum absolute atomic E-state index is 12.8. The lowest BCUT2D eigenvalue weighted by Crippen LogP contribution is -2.49. The number of sulfonamides is 1. The number of rotatable bonds is 4. The van der Waals surface area contributed by atoms with Crippen molar-refractivity contribution >= 4 is 10.0 Å². The fraction of sp³-hybridized carbons (Fsp3) is 0.769. The smallest absolute Gasteiger partial charge is 0.211 e. The molecule has 0 radical (unpaired) electrons. The summed E-state index contributed by atoms with van der Waals surface area (Å²) in [7, 11) is -3.41. The third kappa shape index (κ3) is 3.56. The highest BCUT2D eigenvalue weighted by Crippen LogP contribution is 2.64. The summed E-state index contributed by atoms with van der Waals surface area (Å²) in [5.74, 6) is 6.05. The molecular formula is C26H39NO2S. The Hall–Kier alpha value is -0.870. The van der Waals surface area contributed by atoms with E-state index in [2.05, 4.69) is 18.6 Å². The van der Waals surface area contributed by atoms with Gasteiger partial charge in [0.15, 0.2) is 0 Å². The second kappa shape index (κ2) is 7.92. The Balaban J connectivity index is 1.28. The van der Waals surface area contributed by atoms with Crippen LogP contribution < -0.4 is 4.72 Å². The van der Waals surface area contributed by atoms with Crippen molar-refractivity contribution in [3.05, 3.63) is 30.3 Å². The fourth-order valence-electron chi connectivity index (χ4n) is 8.43. The quantitative estimate of drug-likeness (QED) is 0.650. The van der Waals surface area contributed by atoms with Gasteiger partial charge < -0.3 is 0 Å². The average Bonchev–Trinajstić information content (AvgIpc) is 3.09. The molecular weight excluding hydrogens is 390 g/mol. The van der Waals surface area contributed by atoms with Crippen LogP contribution in [0.15, 0.2) is 35.2 Å². The Morgan fingerprint density at radius 1 is 0.933 bits per heavy atom. The molecule has 4 heteroatoms. The molecule has 0 amide bonds. The van der Waals surface area contributed by atoms with Crippen LogP contribution in [0.3, 0.4) is 0 Å². The molecule has 3 nitrogen and oxygen atoms in total. The summed E-state index contributed by atoms with van der Waals surface area (Å²) in [6.07, 6.45) is 12.4. The Morgan fingerprint density at radius 3 is 2.50 bits per heavy atom. The first-order valence-corrected chi connectivity index (χ1v) is 13.9. The Kier molecular flexibility index (Phi) is 5.54. The van der Waals surface area contributed by atoms with E-state index < -0.39 is 10.0 Å². The minimum atomic E-state index is -3.41. The van der Waals surface area contributed by atoms with Crippen molar-refractivity contribution in [2.75, 3.05) is 6.54 Å². The van der Waals surface area contributed by atoms with Crippen LogP contribution in [0.5, 0.6) is 0 Å². The molecule has 1 aromatic rings. The normalized spacial score (nSPS) is 43.5. The summed E-state index contributed by atoms with van der Waals surface area (Å²) >= 11 is 0. The van der Waals surface area contributed by atoms with Gasteiger partial charge in [0.05, 0.1) is 4.90 Å². The van der Waals surface area contributed by atoms with Gasteiger partial charge in [0.25, 0.3) is 0 Å². The molecule has 0 saturated heterocycles. The summed E-state index contributed by atoms with van der Waals surface area (Å²) in [5, 5.41) is 0.